The second-order valence-electron chi connectivity index (χ2n) is 9.16. The Morgan fingerprint density at radius 1 is 1.16 bits per heavy atom. The van der Waals surface area contributed by atoms with Crippen molar-refractivity contribution < 1.29 is 9.53 Å². The maximum absolute atomic E-state index is 13.4. The van der Waals surface area contributed by atoms with Gasteiger partial charge in [0.1, 0.15) is 0 Å². The molecule has 1 fully saturated rings. The molecular weight excluding hydrogens is 386 g/mol. The number of carbonyl (C=O) groups is 1. The lowest BCUT2D eigenvalue weighted by Crippen LogP contribution is -2.43. The molecule has 5 rings (SSSR count). The van der Waals surface area contributed by atoms with Crippen molar-refractivity contribution in [2.75, 3.05) is 7.11 Å². The lowest BCUT2D eigenvalue weighted by molar-refractivity contribution is -0.130. The Bertz CT molecular complexity index is 1150. The van der Waals surface area contributed by atoms with Gasteiger partial charge in [-0.25, -0.2) is 4.98 Å². The van der Waals surface area contributed by atoms with Crippen LogP contribution in [0.3, 0.4) is 0 Å². The molecule has 5 nitrogen and oxygen atoms in total. The van der Waals surface area contributed by atoms with E-state index in [2.05, 4.69) is 47.2 Å². The highest BCUT2D eigenvalue weighted by Crippen LogP contribution is 2.42. The van der Waals surface area contributed by atoms with Crippen LogP contribution in [0.25, 0.3) is 12.2 Å². The number of hydrogen-bond acceptors (Lipinski definition) is 3. The first-order chi connectivity index (χ1) is 15.1. The fraction of sp³-hybridized carbons (Fsp3) is 0.462. The quantitative estimate of drug-likeness (QED) is 0.827. The van der Waals surface area contributed by atoms with Crippen molar-refractivity contribution >= 4 is 18.1 Å². The number of ether oxygens (including phenoxy) is 1. The first kappa shape index (κ1) is 20.1. The van der Waals surface area contributed by atoms with Crippen LogP contribution < -0.4 is 10.7 Å². The molecule has 0 radical (unpaired) electrons. The molecule has 5 heteroatoms. The van der Waals surface area contributed by atoms with Crippen molar-refractivity contribution in [1.82, 2.24) is 14.9 Å². The minimum atomic E-state index is -0.110. The van der Waals surface area contributed by atoms with Crippen LogP contribution in [0.4, 0.5) is 0 Å². The Hall–Kier alpha value is -2.82. The third-order valence-electron chi connectivity index (χ3n) is 7.30. The lowest BCUT2D eigenvalue weighted by Gasteiger charge is -2.33. The molecular formula is C26H31N3O2. The zero-order chi connectivity index (χ0) is 21.5. The van der Waals surface area contributed by atoms with Gasteiger partial charge in [-0.2, -0.15) is 0 Å². The van der Waals surface area contributed by atoms with Gasteiger partial charge in [-0.3, -0.25) is 4.79 Å². The highest BCUT2D eigenvalue weighted by atomic mass is 16.5. The number of H-pyrrole nitrogens is 1. The fourth-order valence-electron chi connectivity index (χ4n) is 5.78. The van der Waals surface area contributed by atoms with Crippen molar-refractivity contribution in [2.24, 2.45) is 0 Å². The molecule has 0 saturated heterocycles. The Morgan fingerprint density at radius 3 is 2.71 bits per heavy atom. The van der Waals surface area contributed by atoms with Gasteiger partial charge in [0.05, 0.1) is 36.2 Å². The molecule has 31 heavy (non-hydrogen) atoms. The second-order valence-corrected chi connectivity index (χ2v) is 9.16. The summed E-state index contributed by atoms with van der Waals surface area (Å²) in [5, 5.41) is 1.94. The van der Waals surface area contributed by atoms with E-state index < -0.39 is 0 Å². The van der Waals surface area contributed by atoms with Gasteiger partial charge in [-0.1, -0.05) is 43.5 Å². The number of amides is 1. The molecule has 0 bridgehead atoms. The second kappa shape index (κ2) is 8.03. The Kier molecular flexibility index (Phi) is 5.20. The summed E-state index contributed by atoms with van der Waals surface area (Å²) in [6.45, 7) is 4.25. The minimum Gasteiger partial charge on any atom is -0.491 e. The molecule has 1 N–H and O–H groups in total. The monoisotopic (exact) mass is 417 g/mol. The van der Waals surface area contributed by atoms with Gasteiger partial charge >= 0.3 is 0 Å². The van der Waals surface area contributed by atoms with Gasteiger partial charge < -0.3 is 14.6 Å². The SMILES string of the molecule is COC1=C(C)C(c2ccc(C3CCCCC3)c(C)c2)N(C2C=c3[nH]cnc3=CC2)C1=O. The topological polar surface area (TPSA) is 58.2 Å². The Morgan fingerprint density at radius 2 is 1.97 bits per heavy atom. The van der Waals surface area contributed by atoms with E-state index in [1.807, 2.05) is 11.8 Å². The van der Waals surface area contributed by atoms with E-state index >= 15 is 0 Å². The summed E-state index contributed by atoms with van der Waals surface area (Å²) < 4.78 is 5.56. The molecule has 1 saturated carbocycles. The van der Waals surface area contributed by atoms with Gasteiger partial charge in [0.2, 0.25) is 0 Å². The van der Waals surface area contributed by atoms with Crippen LogP contribution in [0, 0.1) is 6.92 Å². The van der Waals surface area contributed by atoms with Crippen molar-refractivity contribution in [3.63, 3.8) is 0 Å². The van der Waals surface area contributed by atoms with E-state index in [0.717, 1.165) is 22.7 Å². The van der Waals surface area contributed by atoms with Crippen LogP contribution in [0.5, 0.6) is 0 Å². The van der Waals surface area contributed by atoms with E-state index in [1.54, 1.807) is 13.4 Å². The van der Waals surface area contributed by atoms with E-state index in [1.165, 1.54) is 48.8 Å². The average Bonchev–Trinajstić information content (AvgIpc) is 3.35. The molecule has 1 aromatic carbocycles. The number of carbonyl (C=O) groups excluding carboxylic acids is 1. The van der Waals surface area contributed by atoms with Gasteiger partial charge in [-0.05, 0) is 61.8 Å². The molecule has 1 aromatic heterocycles. The highest BCUT2D eigenvalue weighted by molar-refractivity contribution is 5.96. The number of aryl methyl sites for hydroxylation is 1. The third kappa shape index (κ3) is 3.40. The number of benzene rings is 1. The zero-order valence-corrected chi connectivity index (χ0v) is 18.6. The summed E-state index contributed by atoms with van der Waals surface area (Å²) in [7, 11) is 1.60. The Labute approximate surface area is 183 Å². The predicted octanol–water partition coefficient (Wildman–Crippen LogP) is 3.60. The van der Waals surface area contributed by atoms with Crippen molar-refractivity contribution in [2.45, 2.75) is 70.4 Å². The lowest BCUT2D eigenvalue weighted by atomic mass is 9.81. The number of nitrogens with zero attached hydrogens (tertiary/aromatic N) is 2. The molecule has 2 atom stereocenters. The number of aromatic nitrogens is 2. The molecule has 1 aliphatic heterocycles. The van der Waals surface area contributed by atoms with Gasteiger partial charge in [0, 0.05) is 5.57 Å². The van der Waals surface area contributed by atoms with Crippen LogP contribution in [-0.4, -0.2) is 33.9 Å². The van der Waals surface area contributed by atoms with Gasteiger partial charge in [-0.15, -0.1) is 0 Å². The molecule has 162 valence electrons. The van der Waals surface area contributed by atoms with Gasteiger partial charge in [0.15, 0.2) is 5.76 Å². The number of methoxy groups -OCH3 is 1. The average molecular weight is 418 g/mol. The van der Waals surface area contributed by atoms with E-state index in [9.17, 15) is 4.79 Å². The highest BCUT2D eigenvalue weighted by Gasteiger charge is 2.42. The summed E-state index contributed by atoms with van der Waals surface area (Å²) in [6, 6.07) is 6.70. The van der Waals surface area contributed by atoms with E-state index in [-0.39, 0.29) is 18.0 Å². The summed E-state index contributed by atoms with van der Waals surface area (Å²) in [6.07, 6.45) is 13.3. The standard InChI is InChI=1S/C26H31N3O2/c1-16-13-19(9-11-21(16)18-7-5-4-6-8-18)24-17(2)25(31-3)26(30)29(24)20-10-12-22-23(14-20)28-15-27-22/h9,11-15,18,20,24H,4-8,10H2,1-3H3,(H,27,28). The smallest absolute Gasteiger partial charge is 0.290 e. The Balaban J connectivity index is 1.52. The number of fused-ring (bicyclic) bond motifs is 1. The molecule has 2 aliphatic carbocycles. The minimum absolute atomic E-state index is 0.0309. The summed E-state index contributed by atoms with van der Waals surface area (Å²) in [5.41, 5.74) is 4.97. The molecule has 0 spiro atoms. The largest absolute Gasteiger partial charge is 0.491 e. The van der Waals surface area contributed by atoms with Crippen LogP contribution in [-0.2, 0) is 9.53 Å². The first-order valence-electron chi connectivity index (χ1n) is 11.5. The number of rotatable bonds is 4. The molecule has 2 aromatic rings. The maximum atomic E-state index is 13.4. The third-order valence-corrected chi connectivity index (χ3v) is 7.30. The molecule has 2 heterocycles. The first-order valence-corrected chi connectivity index (χ1v) is 11.5. The van der Waals surface area contributed by atoms with Gasteiger partial charge in [0.25, 0.3) is 5.91 Å². The van der Waals surface area contributed by atoms with Crippen LogP contribution in [0.15, 0.2) is 35.9 Å². The maximum Gasteiger partial charge on any atom is 0.290 e. The predicted molar refractivity (Wildman–Crippen MR) is 121 cm³/mol. The number of imidazole rings is 1. The molecule has 1 amide bonds. The number of aromatic amines is 1. The van der Waals surface area contributed by atoms with Crippen LogP contribution >= 0.6 is 0 Å². The molecule has 3 aliphatic rings. The van der Waals surface area contributed by atoms with Crippen LogP contribution in [0.1, 0.15) is 74.1 Å². The number of nitrogens with one attached hydrogen (secondary N) is 1. The number of hydrogen-bond donors (Lipinski definition) is 1. The van der Waals surface area contributed by atoms with Crippen molar-refractivity contribution in [1.29, 1.82) is 0 Å². The molecule has 2 unspecified atom stereocenters. The van der Waals surface area contributed by atoms with Crippen molar-refractivity contribution in [3.05, 3.63) is 63.2 Å². The summed E-state index contributed by atoms with van der Waals surface area (Å²) >= 11 is 0. The van der Waals surface area contributed by atoms with Crippen LogP contribution in [0.2, 0.25) is 0 Å². The summed E-state index contributed by atoms with van der Waals surface area (Å²) in [4.78, 5) is 22.9. The fourth-order valence-corrected chi connectivity index (χ4v) is 5.78. The zero-order valence-electron chi connectivity index (χ0n) is 18.6. The normalized spacial score (nSPS) is 24.1. The van der Waals surface area contributed by atoms with E-state index in [4.69, 9.17) is 4.74 Å². The van der Waals surface area contributed by atoms with Crippen molar-refractivity contribution in [3.8, 4) is 0 Å². The van der Waals surface area contributed by atoms with E-state index in [0.29, 0.717) is 11.7 Å². The summed E-state index contributed by atoms with van der Waals surface area (Å²) in [5.74, 6) is 1.12.